The van der Waals surface area contributed by atoms with Crippen LogP contribution in [0.2, 0.25) is 5.02 Å². The van der Waals surface area contributed by atoms with Gasteiger partial charge in [0.2, 0.25) is 0 Å². The molecule has 10 nitrogen and oxygen atoms in total. The number of benzene rings is 3. The maximum absolute atomic E-state index is 13.9. The number of nitrogens with zero attached hydrogens (tertiary/aromatic N) is 3. The molecule has 0 aliphatic carbocycles. The molecule has 0 atom stereocenters. The van der Waals surface area contributed by atoms with Gasteiger partial charge in [0, 0.05) is 41.3 Å². The predicted molar refractivity (Wildman–Crippen MR) is 166 cm³/mol. The first-order chi connectivity index (χ1) is 21.9. The van der Waals surface area contributed by atoms with Gasteiger partial charge in [-0.2, -0.15) is 13.2 Å². The van der Waals surface area contributed by atoms with Crippen LogP contribution in [0, 0.1) is 0 Å². The minimum Gasteiger partial charge on any atom is -0.497 e. The normalized spacial score (nSPS) is 12.8. The number of carbonyl (C=O) groups is 2. The van der Waals surface area contributed by atoms with Crippen LogP contribution in [-0.2, 0) is 19.6 Å². The number of methoxy groups -OCH3 is 2. The maximum Gasteiger partial charge on any atom is 0.422 e. The molecule has 0 fully saturated rings. The fraction of sp³-hybridized carbons (Fsp3) is 0.258. The van der Waals surface area contributed by atoms with E-state index in [-0.39, 0.29) is 54.9 Å². The van der Waals surface area contributed by atoms with Crippen molar-refractivity contribution in [1.82, 2.24) is 19.4 Å². The fourth-order valence-electron chi connectivity index (χ4n) is 5.03. The largest absolute Gasteiger partial charge is 0.497 e. The zero-order valence-electron chi connectivity index (χ0n) is 24.5. The van der Waals surface area contributed by atoms with Crippen molar-refractivity contribution in [2.75, 3.05) is 27.4 Å². The summed E-state index contributed by atoms with van der Waals surface area (Å²) in [5.74, 6) is -0.0128. The van der Waals surface area contributed by atoms with Crippen molar-refractivity contribution >= 4 is 39.3 Å². The van der Waals surface area contributed by atoms with Crippen molar-refractivity contribution in [3.63, 3.8) is 0 Å². The lowest BCUT2D eigenvalue weighted by atomic mass is 10.1. The first kappa shape index (κ1) is 32.9. The Bertz CT molecular complexity index is 1840. The van der Waals surface area contributed by atoms with Gasteiger partial charge in [0.05, 0.1) is 37.2 Å². The highest BCUT2D eigenvalue weighted by Gasteiger charge is 2.33. The first-order valence-electron chi connectivity index (χ1n) is 13.8. The Morgan fingerprint density at radius 1 is 0.978 bits per heavy atom. The number of carbonyl (C=O) groups excluding carboxylic acids is 2. The van der Waals surface area contributed by atoms with Gasteiger partial charge in [-0.15, -0.1) is 0 Å². The second kappa shape index (κ2) is 13.5. The Labute approximate surface area is 274 Å². The third-order valence-corrected chi connectivity index (χ3v) is 8.51. The van der Waals surface area contributed by atoms with Gasteiger partial charge in [0.15, 0.2) is 6.61 Å². The summed E-state index contributed by atoms with van der Waals surface area (Å²) in [6, 6.07) is 15.2. The Kier molecular flexibility index (Phi) is 9.68. The summed E-state index contributed by atoms with van der Waals surface area (Å²) in [5.41, 5.74) is 0.877. The molecule has 242 valence electrons. The maximum atomic E-state index is 13.9. The second-order valence-corrected chi connectivity index (χ2v) is 11.4. The van der Waals surface area contributed by atoms with Gasteiger partial charge in [-0.3, -0.25) is 18.7 Å². The van der Waals surface area contributed by atoms with Crippen molar-refractivity contribution in [3.05, 3.63) is 103 Å². The summed E-state index contributed by atoms with van der Waals surface area (Å²) in [6.45, 7) is -1.26. The summed E-state index contributed by atoms with van der Waals surface area (Å²) in [7, 11) is 2.99. The quantitative estimate of drug-likeness (QED) is 0.241. The van der Waals surface area contributed by atoms with Gasteiger partial charge in [0.25, 0.3) is 11.8 Å². The van der Waals surface area contributed by atoms with Gasteiger partial charge < -0.3 is 24.4 Å². The third-order valence-electron chi connectivity index (χ3n) is 7.28. The number of halogens is 5. The third kappa shape index (κ3) is 7.02. The lowest BCUT2D eigenvalue weighted by Crippen LogP contribution is -2.41. The summed E-state index contributed by atoms with van der Waals surface area (Å²) in [5, 5.41) is 3.18. The molecule has 1 aliphatic rings. The zero-order valence-corrected chi connectivity index (χ0v) is 26.8. The molecule has 0 saturated heterocycles. The van der Waals surface area contributed by atoms with Crippen LogP contribution in [0.4, 0.5) is 13.2 Å². The van der Waals surface area contributed by atoms with Crippen molar-refractivity contribution in [3.8, 4) is 22.9 Å². The highest BCUT2D eigenvalue weighted by atomic mass is 79.9. The summed E-state index contributed by atoms with van der Waals surface area (Å²) in [4.78, 5) is 42.6. The molecule has 0 radical (unpaired) electrons. The van der Waals surface area contributed by atoms with Crippen molar-refractivity contribution < 1.29 is 37.0 Å². The Balaban J connectivity index is 1.51. The minimum absolute atomic E-state index is 0.0229. The molecule has 0 unspecified atom stereocenters. The summed E-state index contributed by atoms with van der Waals surface area (Å²) >= 11 is 9.52. The van der Waals surface area contributed by atoms with E-state index in [1.54, 1.807) is 30.3 Å². The van der Waals surface area contributed by atoms with Gasteiger partial charge >= 0.3 is 11.9 Å². The number of aromatic nitrogens is 2. The molecule has 2 heterocycles. The van der Waals surface area contributed by atoms with Crippen LogP contribution in [-0.4, -0.2) is 59.4 Å². The first-order valence-corrected chi connectivity index (χ1v) is 14.9. The monoisotopic (exact) mass is 722 g/mol. The van der Waals surface area contributed by atoms with Crippen molar-refractivity contribution in [2.24, 2.45) is 0 Å². The molecule has 4 aromatic rings. The van der Waals surface area contributed by atoms with E-state index < -0.39 is 24.4 Å². The molecule has 0 saturated carbocycles. The molecule has 1 N–H and O–H groups in total. The lowest BCUT2D eigenvalue weighted by Gasteiger charge is -2.28. The molecule has 5 rings (SSSR count). The topological polar surface area (TPSA) is 104 Å². The summed E-state index contributed by atoms with van der Waals surface area (Å²) < 4.78 is 56.7. The van der Waals surface area contributed by atoms with Crippen LogP contribution in [0.3, 0.4) is 0 Å². The van der Waals surface area contributed by atoms with E-state index in [0.717, 1.165) is 0 Å². The molecule has 1 aliphatic heterocycles. The van der Waals surface area contributed by atoms with Gasteiger partial charge in [-0.05, 0) is 70.5 Å². The number of rotatable bonds is 9. The molecule has 3 aromatic carbocycles. The van der Waals surface area contributed by atoms with E-state index in [4.69, 9.17) is 25.8 Å². The van der Waals surface area contributed by atoms with Crippen LogP contribution >= 0.6 is 27.5 Å². The standard InChI is InChI=1S/C31H27BrClF3N4O6/c1-44-22-7-3-19(26(14-22)45-2)15-37-28(41)27-25-16-38(29(42)18-4-10-23(32)24(33)13-18)11-12-39(25)30(43)40(27)20-5-8-21(9-6-20)46-17-31(34,35)36/h3-10,13-14H,11-12,15-17H2,1-2H3,(H,37,41). The SMILES string of the molecule is COc1ccc(CNC(=O)c2c3n(c(=O)n2-c2ccc(OCC(F)(F)F)cc2)CCN(C(=O)c2ccc(Br)c(Cl)c2)C3)c(OC)c1. The second-order valence-electron chi connectivity index (χ2n) is 10.2. The number of amides is 2. The van der Waals surface area contributed by atoms with Crippen LogP contribution in [0.5, 0.6) is 17.2 Å². The van der Waals surface area contributed by atoms with Crippen molar-refractivity contribution in [1.29, 1.82) is 0 Å². The molecule has 0 bridgehead atoms. The average molecular weight is 724 g/mol. The van der Waals surface area contributed by atoms with E-state index in [2.05, 4.69) is 21.2 Å². The Hall–Kier alpha value is -4.43. The van der Waals surface area contributed by atoms with Crippen LogP contribution < -0.4 is 25.2 Å². The van der Waals surface area contributed by atoms with E-state index in [0.29, 0.717) is 32.1 Å². The highest BCUT2D eigenvalue weighted by Crippen LogP contribution is 2.28. The van der Waals surface area contributed by atoms with E-state index in [1.807, 2.05) is 0 Å². The van der Waals surface area contributed by atoms with Crippen LogP contribution in [0.1, 0.15) is 32.1 Å². The number of imidazole rings is 1. The molecular formula is C31H27BrClF3N4O6. The predicted octanol–water partition coefficient (Wildman–Crippen LogP) is 5.60. The van der Waals surface area contributed by atoms with Crippen LogP contribution in [0.25, 0.3) is 5.69 Å². The van der Waals surface area contributed by atoms with E-state index in [1.165, 1.54) is 58.6 Å². The average Bonchev–Trinajstić information content (AvgIpc) is 3.34. The molecular weight excluding hydrogens is 697 g/mol. The van der Waals surface area contributed by atoms with E-state index in [9.17, 15) is 27.6 Å². The molecule has 0 spiro atoms. The highest BCUT2D eigenvalue weighted by molar-refractivity contribution is 9.10. The van der Waals surface area contributed by atoms with Gasteiger partial charge in [-0.1, -0.05) is 11.6 Å². The van der Waals surface area contributed by atoms with Gasteiger partial charge in [0.1, 0.15) is 22.9 Å². The number of hydrogen-bond acceptors (Lipinski definition) is 6. The Morgan fingerprint density at radius 3 is 2.35 bits per heavy atom. The number of ether oxygens (including phenoxy) is 3. The zero-order chi connectivity index (χ0) is 33.2. The minimum atomic E-state index is -4.53. The molecule has 2 amide bonds. The molecule has 15 heteroatoms. The smallest absolute Gasteiger partial charge is 0.422 e. The number of nitrogens with one attached hydrogen (secondary N) is 1. The van der Waals surface area contributed by atoms with Crippen LogP contribution in [0.15, 0.2) is 69.9 Å². The molecule has 1 aromatic heterocycles. The fourth-order valence-corrected chi connectivity index (χ4v) is 5.46. The summed E-state index contributed by atoms with van der Waals surface area (Å²) in [6.07, 6.45) is -4.53. The molecule has 46 heavy (non-hydrogen) atoms. The van der Waals surface area contributed by atoms with Crippen molar-refractivity contribution in [2.45, 2.75) is 25.8 Å². The Morgan fingerprint density at radius 2 is 1.70 bits per heavy atom. The van der Waals surface area contributed by atoms with E-state index >= 15 is 0 Å². The van der Waals surface area contributed by atoms with Gasteiger partial charge in [-0.25, -0.2) is 4.79 Å². The number of fused-ring (bicyclic) bond motifs is 1. The number of alkyl halides is 3. The lowest BCUT2D eigenvalue weighted by molar-refractivity contribution is -0.153. The number of hydrogen-bond donors (Lipinski definition) is 1.